The lowest BCUT2D eigenvalue weighted by Crippen LogP contribution is -2.53. The number of amides is 2. The molecule has 2 aliphatic heterocycles. The number of likely N-dealkylation sites (tertiary alicyclic amines) is 1. The van der Waals surface area contributed by atoms with Gasteiger partial charge >= 0.3 is 0 Å². The van der Waals surface area contributed by atoms with E-state index in [0.29, 0.717) is 27.3 Å². The van der Waals surface area contributed by atoms with Crippen LogP contribution in [0.4, 0.5) is 0 Å². The number of nitrogens with zero attached hydrogens (tertiary/aromatic N) is 1. The van der Waals surface area contributed by atoms with Gasteiger partial charge in [0.1, 0.15) is 5.75 Å². The summed E-state index contributed by atoms with van der Waals surface area (Å²) >= 11 is 12.0. The van der Waals surface area contributed by atoms with Crippen LogP contribution in [0.2, 0.25) is 10.0 Å². The van der Waals surface area contributed by atoms with E-state index in [-0.39, 0.29) is 35.7 Å². The molecule has 3 saturated carbocycles. The largest absolute Gasteiger partial charge is 0.480 e. The zero-order valence-corrected chi connectivity index (χ0v) is 20.1. The fraction of sp³-hybridized carbons (Fsp3) is 0.462. The standard InChI is InChI=1S/C26H26Cl2N2O4/c27-16-3-1-14(2-4-16)18-7-8-30(25(18)33)26-11-15(12-26)20(13-26)29-24(32)23-10-21(31)19-9-17(28)5-6-22(19)34-23/h1-6,9,15,18,20-21,23,31H,7-8,10-13H2,(H,29,32)/t15?,18-,20?,21+,23+,26?/m0/s1. The predicted octanol–water partition coefficient (Wildman–Crippen LogP) is 4.23. The van der Waals surface area contributed by atoms with Crippen LogP contribution in [0.15, 0.2) is 42.5 Å². The molecule has 5 aliphatic rings. The second kappa shape index (κ2) is 8.14. The van der Waals surface area contributed by atoms with Crippen molar-refractivity contribution in [3.63, 3.8) is 0 Å². The predicted molar refractivity (Wildman–Crippen MR) is 128 cm³/mol. The Kier molecular flexibility index (Phi) is 5.32. The number of benzene rings is 2. The monoisotopic (exact) mass is 500 g/mol. The first-order valence-electron chi connectivity index (χ1n) is 11.8. The summed E-state index contributed by atoms with van der Waals surface area (Å²) in [5, 5.41) is 14.9. The van der Waals surface area contributed by atoms with Crippen LogP contribution in [0.3, 0.4) is 0 Å². The molecule has 1 unspecified atom stereocenters. The fourth-order valence-electron chi connectivity index (χ4n) is 6.45. The van der Waals surface area contributed by atoms with Crippen LogP contribution in [-0.2, 0) is 9.59 Å². The minimum absolute atomic E-state index is 0.0160. The smallest absolute Gasteiger partial charge is 0.261 e. The summed E-state index contributed by atoms with van der Waals surface area (Å²) in [6, 6.07) is 12.6. The Bertz CT molecular complexity index is 1150. The normalized spacial score (nSPS) is 33.8. The summed E-state index contributed by atoms with van der Waals surface area (Å²) in [6.07, 6.45) is 2.06. The van der Waals surface area contributed by atoms with E-state index in [0.717, 1.165) is 37.8 Å². The zero-order chi connectivity index (χ0) is 23.6. The van der Waals surface area contributed by atoms with Gasteiger partial charge in [0.25, 0.3) is 5.91 Å². The average molecular weight is 501 g/mol. The molecule has 1 saturated heterocycles. The maximum atomic E-state index is 13.3. The molecule has 34 heavy (non-hydrogen) atoms. The van der Waals surface area contributed by atoms with Gasteiger partial charge in [-0.3, -0.25) is 9.59 Å². The van der Waals surface area contributed by atoms with Gasteiger partial charge in [0.2, 0.25) is 5.91 Å². The van der Waals surface area contributed by atoms with Gasteiger partial charge in [0, 0.05) is 40.2 Å². The van der Waals surface area contributed by atoms with E-state index in [9.17, 15) is 14.7 Å². The lowest BCUT2D eigenvalue weighted by Gasteiger charge is -2.46. The summed E-state index contributed by atoms with van der Waals surface area (Å²) in [7, 11) is 0. The number of carbonyl (C=O) groups is 2. The Labute approximate surface area is 208 Å². The van der Waals surface area contributed by atoms with Gasteiger partial charge < -0.3 is 20.1 Å². The molecule has 8 heteroatoms. The molecule has 178 valence electrons. The lowest BCUT2D eigenvalue weighted by molar-refractivity contribution is -0.137. The number of halogens is 2. The second-order valence-corrected chi connectivity index (χ2v) is 11.0. The first-order chi connectivity index (χ1) is 16.3. The first-order valence-corrected chi connectivity index (χ1v) is 12.6. The number of fused-ring (bicyclic) bond motifs is 2. The van der Waals surface area contributed by atoms with Gasteiger partial charge in [-0.1, -0.05) is 35.3 Å². The van der Waals surface area contributed by atoms with Crippen LogP contribution in [0.5, 0.6) is 5.75 Å². The van der Waals surface area contributed by atoms with E-state index in [1.54, 1.807) is 18.2 Å². The van der Waals surface area contributed by atoms with E-state index in [4.69, 9.17) is 27.9 Å². The van der Waals surface area contributed by atoms with Crippen LogP contribution < -0.4 is 10.1 Å². The molecule has 2 amide bonds. The van der Waals surface area contributed by atoms with Crippen molar-refractivity contribution < 1.29 is 19.4 Å². The van der Waals surface area contributed by atoms with Gasteiger partial charge in [-0.25, -0.2) is 0 Å². The van der Waals surface area contributed by atoms with E-state index in [2.05, 4.69) is 10.2 Å². The summed E-state index contributed by atoms with van der Waals surface area (Å²) in [5.41, 5.74) is 1.47. The highest BCUT2D eigenvalue weighted by Gasteiger charge is 2.62. The number of aliphatic hydroxyl groups excluding tert-OH is 1. The van der Waals surface area contributed by atoms with Gasteiger partial charge in [-0.05, 0) is 67.5 Å². The van der Waals surface area contributed by atoms with Crippen LogP contribution in [0, 0.1) is 5.92 Å². The Hall–Kier alpha value is -2.28. The molecule has 0 spiro atoms. The maximum absolute atomic E-state index is 13.3. The maximum Gasteiger partial charge on any atom is 0.261 e. The number of nitrogens with one attached hydrogen (secondary N) is 1. The minimum Gasteiger partial charge on any atom is -0.480 e. The number of rotatable bonds is 4. The number of carbonyl (C=O) groups excluding carboxylic acids is 2. The third-order valence-electron chi connectivity index (χ3n) is 8.16. The van der Waals surface area contributed by atoms with E-state index >= 15 is 0 Å². The molecule has 4 atom stereocenters. The summed E-state index contributed by atoms with van der Waals surface area (Å²) in [4.78, 5) is 28.4. The lowest BCUT2D eigenvalue weighted by atomic mass is 9.75. The number of ether oxygens (including phenoxy) is 1. The highest BCUT2D eigenvalue weighted by Crippen LogP contribution is 2.57. The Morgan fingerprint density at radius 3 is 2.59 bits per heavy atom. The molecule has 3 aliphatic carbocycles. The Balaban J connectivity index is 1.10. The molecular formula is C26H26Cl2N2O4. The van der Waals surface area contributed by atoms with Crippen molar-refractivity contribution >= 4 is 35.0 Å². The Morgan fingerprint density at radius 2 is 1.82 bits per heavy atom. The number of hydrogen-bond acceptors (Lipinski definition) is 4. The molecule has 7 rings (SSSR count). The fourth-order valence-corrected chi connectivity index (χ4v) is 6.76. The summed E-state index contributed by atoms with van der Waals surface area (Å²) in [5.74, 6) is 0.711. The number of aliphatic hydroxyl groups is 1. The van der Waals surface area contributed by atoms with Crippen molar-refractivity contribution in [3.8, 4) is 5.75 Å². The van der Waals surface area contributed by atoms with Gasteiger partial charge in [-0.15, -0.1) is 0 Å². The van der Waals surface area contributed by atoms with Crippen molar-refractivity contribution in [1.82, 2.24) is 10.2 Å². The van der Waals surface area contributed by atoms with Gasteiger partial charge in [0.15, 0.2) is 6.10 Å². The molecule has 2 heterocycles. The molecule has 2 aromatic rings. The van der Waals surface area contributed by atoms with Crippen molar-refractivity contribution in [2.45, 2.75) is 61.8 Å². The van der Waals surface area contributed by atoms with Crippen LogP contribution >= 0.6 is 23.2 Å². The molecule has 2 bridgehead atoms. The van der Waals surface area contributed by atoms with Crippen LogP contribution in [0.1, 0.15) is 55.3 Å². The molecule has 6 nitrogen and oxygen atoms in total. The average Bonchev–Trinajstić information content (AvgIpc) is 3.45. The molecule has 2 aromatic carbocycles. The molecule has 0 radical (unpaired) electrons. The van der Waals surface area contributed by atoms with E-state index < -0.39 is 12.2 Å². The zero-order valence-electron chi connectivity index (χ0n) is 18.5. The van der Waals surface area contributed by atoms with E-state index in [1.807, 2.05) is 24.3 Å². The van der Waals surface area contributed by atoms with E-state index in [1.165, 1.54) is 0 Å². The highest BCUT2D eigenvalue weighted by molar-refractivity contribution is 6.30. The van der Waals surface area contributed by atoms with Crippen molar-refractivity contribution in [2.24, 2.45) is 5.92 Å². The molecule has 0 aromatic heterocycles. The van der Waals surface area contributed by atoms with Crippen molar-refractivity contribution in [2.75, 3.05) is 6.54 Å². The molecule has 4 fully saturated rings. The van der Waals surface area contributed by atoms with Crippen molar-refractivity contribution in [1.29, 1.82) is 0 Å². The van der Waals surface area contributed by atoms with Crippen molar-refractivity contribution in [3.05, 3.63) is 63.6 Å². The quantitative estimate of drug-likeness (QED) is 0.658. The molecule has 2 N–H and O–H groups in total. The number of hydrogen-bond donors (Lipinski definition) is 2. The summed E-state index contributed by atoms with van der Waals surface area (Å²) < 4.78 is 5.89. The third kappa shape index (κ3) is 3.58. The van der Waals surface area contributed by atoms with Crippen LogP contribution in [0.25, 0.3) is 0 Å². The Morgan fingerprint density at radius 1 is 1.09 bits per heavy atom. The summed E-state index contributed by atoms with van der Waals surface area (Å²) in [6.45, 7) is 0.747. The van der Waals surface area contributed by atoms with Gasteiger partial charge in [-0.2, -0.15) is 0 Å². The minimum atomic E-state index is -0.797. The highest BCUT2D eigenvalue weighted by atomic mass is 35.5. The topological polar surface area (TPSA) is 78.9 Å². The third-order valence-corrected chi connectivity index (χ3v) is 8.65. The molecular weight excluding hydrogens is 475 g/mol. The van der Waals surface area contributed by atoms with Crippen LogP contribution in [-0.4, -0.2) is 46.1 Å². The van der Waals surface area contributed by atoms with Gasteiger partial charge in [0.05, 0.1) is 12.0 Å². The second-order valence-electron chi connectivity index (χ2n) is 10.1. The SMILES string of the molecule is O=C(NC1CC2(N3CC[C@@H](c4ccc(Cl)cc4)C3=O)CC1C2)[C@H]1C[C@@H](O)c2cc(Cl)ccc2O1. The first kappa shape index (κ1) is 22.2.